The Morgan fingerprint density at radius 3 is 2.60 bits per heavy atom. The van der Waals surface area contributed by atoms with E-state index in [2.05, 4.69) is 59.2 Å². The molecule has 3 rings (SSSR count). The molecular weight excluding hydrogens is 208 g/mol. The van der Waals surface area contributed by atoms with Crippen LogP contribution in [0, 0.1) is 0 Å². The predicted octanol–water partition coefficient (Wildman–Crippen LogP) is -0.850. The fraction of sp³-hybridized carbons (Fsp3) is 0.0833. The molecule has 0 aliphatic rings. The molecule has 1 N–H and O–H groups in total. The molecule has 2 heterocycles. The van der Waals surface area contributed by atoms with Crippen molar-refractivity contribution in [1.82, 2.24) is 4.98 Å². The van der Waals surface area contributed by atoms with E-state index >= 15 is 0 Å². The Kier molecular flexibility index (Phi) is 2.37. The van der Waals surface area contributed by atoms with Gasteiger partial charge in [0, 0.05) is 6.07 Å². The van der Waals surface area contributed by atoms with Gasteiger partial charge in [-0.05, 0) is 18.2 Å². The first-order chi connectivity index (χ1) is 6.86. The van der Waals surface area contributed by atoms with Gasteiger partial charge in [-0.1, -0.05) is 12.1 Å². The molecule has 0 atom stereocenters. The van der Waals surface area contributed by atoms with E-state index in [0.29, 0.717) is 0 Å². The van der Waals surface area contributed by atoms with Gasteiger partial charge in [0.1, 0.15) is 12.6 Å². The van der Waals surface area contributed by atoms with Gasteiger partial charge in [0.15, 0.2) is 6.20 Å². The number of fused-ring (bicyclic) bond motifs is 3. The molecule has 3 aromatic rings. The molecule has 2 aromatic heterocycles. The van der Waals surface area contributed by atoms with Crippen LogP contribution in [0.4, 0.5) is 0 Å². The monoisotopic (exact) mass is 218 g/mol. The highest BCUT2D eigenvalue weighted by molar-refractivity contribution is 6.02. The van der Waals surface area contributed by atoms with Crippen molar-refractivity contribution in [3.8, 4) is 0 Å². The van der Waals surface area contributed by atoms with E-state index < -0.39 is 0 Å². The zero-order valence-corrected chi connectivity index (χ0v) is 9.12. The third kappa shape index (κ3) is 1.38. The molecule has 0 aliphatic heterocycles. The van der Waals surface area contributed by atoms with Crippen molar-refractivity contribution in [2.45, 2.75) is 0 Å². The first-order valence-electron chi connectivity index (χ1n) is 4.71. The Balaban J connectivity index is 0.000000853. The molecule has 0 fully saturated rings. The van der Waals surface area contributed by atoms with E-state index in [0.717, 1.165) is 0 Å². The van der Waals surface area contributed by atoms with Crippen LogP contribution in [0.5, 0.6) is 0 Å². The van der Waals surface area contributed by atoms with Crippen LogP contribution in [0.15, 0.2) is 42.6 Å². The van der Waals surface area contributed by atoms with Gasteiger partial charge >= 0.3 is 0 Å². The topological polar surface area (TPSA) is 19.7 Å². The molecule has 3 heteroatoms. The van der Waals surface area contributed by atoms with E-state index in [1.165, 1.54) is 21.9 Å². The Morgan fingerprint density at radius 2 is 1.73 bits per heavy atom. The number of nitrogens with zero attached hydrogens (tertiary/aromatic N) is 1. The van der Waals surface area contributed by atoms with Crippen LogP contribution in [0.2, 0.25) is 0 Å². The normalized spacial score (nSPS) is 10.5. The Labute approximate surface area is 94.0 Å². The standard InChI is InChI=1S/C12H10N2.ClH/c1-14-8-4-7-11-12(14)9-5-2-3-6-10(9)13-11;/h2-8H,1H3;1H. The summed E-state index contributed by atoms with van der Waals surface area (Å²) in [6.45, 7) is 0. The molecule has 15 heavy (non-hydrogen) atoms. The maximum absolute atomic E-state index is 3.40. The van der Waals surface area contributed by atoms with Crippen LogP contribution >= 0.6 is 0 Å². The summed E-state index contributed by atoms with van der Waals surface area (Å²) in [4.78, 5) is 3.40. The number of benzene rings is 1. The van der Waals surface area contributed by atoms with Crippen molar-refractivity contribution < 1.29 is 17.0 Å². The average Bonchev–Trinajstić information content (AvgIpc) is 2.57. The van der Waals surface area contributed by atoms with Gasteiger partial charge in [-0.15, -0.1) is 0 Å². The maximum atomic E-state index is 3.40. The zero-order valence-electron chi connectivity index (χ0n) is 8.37. The number of hydrogen-bond donors (Lipinski definition) is 1. The van der Waals surface area contributed by atoms with Gasteiger partial charge in [-0.25, -0.2) is 0 Å². The maximum Gasteiger partial charge on any atom is 0.238 e. The van der Waals surface area contributed by atoms with E-state index in [1.54, 1.807) is 0 Å². The molecule has 0 unspecified atom stereocenters. The quantitative estimate of drug-likeness (QED) is 0.475. The van der Waals surface area contributed by atoms with Crippen LogP contribution in [0.25, 0.3) is 21.9 Å². The second-order valence-electron chi connectivity index (χ2n) is 3.55. The summed E-state index contributed by atoms with van der Waals surface area (Å²) in [6, 6.07) is 12.5. The van der Waals surface area contributed by atoms with Crippen LogP contribution < -0.4 is 17.0 Å². The summed E-state index contributed by atoms with van der Waals surface area (Å²) in [5.41, 5.74) is 3.66. The Bertz CT molecular complexity index is 613. The first-order valence-corrected chi connectivity index (χ1v) is 4.71. The largest absolute Gasteiger partial charge is 1.00 e. The minimum atomic E-state index is 0. The lowest BCUT2D eigenvalue weighted by atomic mass is 10.2. The summed E-state index contributed by atoms with van der Waals surface area (Å²) >= 11 is 0. The molecule has 0 bridgehead atoms. The summed E-state index contributed by atoms with van der Waals surface area (Å²) < 4.78 is 2.15. The SMILES string of the molecule is C[n+]1cccc2[nH]c3ccccc3c21.[Cl-]. The first kappa shape index (κ1) is 9.99. The minimum Gasteiger partial charge on any atom is -1.00 e. The van der Waals surface area contributed by atoms with Crippen molar-refractivity contribution in [2.24, 2.45) is 7.05 Å². The number of pyridine rings is 1. The van der Waals surface area contributed by atoms with E-state index in [4.69, 9.17) is 0 Å². The lowest BCUT2D eigenvalue weighted by Gasteiger charge is -1.89. The molecule has 0 aliphatic carbocycles. The summed E-state index contributed by atoms with van der Waals surface area (Å²) in [7, 11) is 2.07. The van der Waals surface area contributed by atoms with Gasteiger partial charge < -0.3 is 17.4 Å². The van der Waals surface area contributed by atoms with Crippen molar-refractivity contribution >= 4 is 21.9 Å². The van der Waals surface area contributed by atoms with Crippen molar-refractivity contribution in [3.05, 3.63) is 42.6 Å². The third-order valence-electron chi connectivity index (χ3n) is 2.63. The smallest absolute Gasteiger partial charge is 0.238 e. The molecular formula is C12H11ClN2. The third-order valence-corrected chi connectivity index (χ3v) is 2.63. The van der Waals surface area contributed by atoms with Gasteiger partial charge in [-0.3, -0.25) is 0 Å². The highest BCUT2D eigenvalue weighted by Gasteiger charge is 2.10. The Hall–Kier alpha value is -1.54. The number of halogens is 1. The number of rotatable bonds is 0. The van der Waals surface area contributed by atoms with Crippen molar-refractivity contribution in [2.75, 3.05) is 0 Å². The molecule has 2 nitrogen and oxygen atoms in total. The molecule has 1 aromatic carbocycles. The van der Waals surface area contributed by atoms with Crippen molar-refractivity contribution in [3.63, 3.8) is 0 Å². The van der Waals surface area contributed by atoms with Gasteiger partial charge in [0.25, 0.3) is 0 Å². The van der Waals surface area contributed by atoms with E-state index in [1.807, 2.05) is 0 Å². The van der Waals surface area contributed by atoms with E-state index in [9.17, 15) is 0 Å². The number of aromatic nitrogens is 2. The number of para-hydroxylation sites is 1. The molecule has 0 amide bonds. The van der Waals surface area contributed by atoms with Gasteiger partial charge in [0.2, 0.25) is 5.52 Å². The number of H-pyrrole nitrogens is 1. The lowest BCUT2D eigenvalue weighted by Crippen LogP contribution is -3.00. The number of aromatic amines is 1. The molecule has 0 radical (unpaired) electrons. The van der Waals surface area contributed by atoms with Crippen LogP contribution in [-0.4, -0.2) is 4.98 Å². The predicted molar refractivity (Wildman–Crippen MR) is 57.0 cm³/mol. The minimum absolute atomic E-state index is 0. The van der Waals surface area contributed by atoms with Gasteiger partial charge in [-0.2, -0.15) is 4.57 Å². The van der Waals surface area contributed by atoms with Crippen molar-refractivity contribution in [1.29, 1.82) is 0 Å². The van der Waals surface area contributed by atoms with Crippen LogP contribution in [-0.2, 0) is 7.05 Å². The molecule has 0 saturated carbocycles. The molecule has 76 valence electrons. The summed E-state index contributed by atoms with van der Waals surface area (Å²) in [5, 5.41) is 1.28. The second kappa shape index (κ2) is 3.55. The molecule has 0 saturated heterocycles. The van der Waals surface area contributed by atoms with Crippen LogP contribution in [0.3, 0.4) is 0 Å². The lowest BCUT2D eigenvalue weighted by molar-refractivity contribution is -0.644. The average molecular weight is 219 g/mol. The zero-order chi connectivity index (χ0) is 9.54. The fourth-order valence-corrected chi connectivity index (χ4v) is 1.99. The highest BCUT2D eigenvalue weighted by atomic mass is 35.5. The Morgan fingerprint density at radius 1 is 1.00 bits per heavy atom. The number of hydrogen-bond acceptors (Lipinski definition) is 0. The van der Waals surface area contributed by atoms with E-state index in [-0.39, 0.29) is 12.4 Å². The summed E-state index contributed by atoms with van der Waals surface area (Å²) in [6.07, 6.45) is 2.07. The second-order valence-corrected chi connectivity index (χ2v) is 3.55. The fourth-order valence-electron chi connectivity index (χ4n) is 1.99. The summed E-state index contributed by atoms with van der Waals surface area (Å²) in [5.74, 6) is 0. The van der Waals surface area contributed by atoms with Gasteiger partial charge in [0.05, 0.1) is 10.9 Å². The number of nitrogens with one attached hydrogen (secondary N) is 1. The molecule has 0 spiro atoms. The van der Waals surface area contributed by atoms with Crippen LogP contribution in [0.1, 0.15) is 0 Å². The highest BCUT2D eigenvalue weighted by Crippen LogP contribution is 2.21. The number of aryl methyl sites for hydroxylation is 1.